The molecule has 0 aromatic heterocycles. The number of alkyl halides is 4. The van der Waals surface area contributed by atoms with Gasteiger partial charge in [0.1, 0.15) is 16.3 Å². The smallest absolute Gasteiger partial charge is 0.426 e. The first-order valence-corrected chi connectivity index (χ1v) is 15.7. The largest absolute Gasteiger partial charge is 0.481 e. The molecule has 11 heteroatoms. The molecule has 3 aliphatic rings. The third kappa shape index (κ3) is 4.95. The van der Waals surface area contributed by atoms with Crippen LogP contribution in [0.15, 0.2) is 47.4 Å². The lowest BCUT2D eigenvalue weighted by atomic mass is 9.71. The Balaban J connectivity index is 1.52. The number of carbonyl (C=O) groups is 2. The monoisotopic (exact) mass is 612 g/mol. The molecule has 2 aromatic rings. The van der Waals surface area contributed by atoms with Crippen molar-refractivity contribution in [1.82, 2.24) is 0 Å². The Labute approximate surface area is 241 Å². The molecule has 228 valence electrons. The molecule has 0 aliphatic heterocycles. The Kier molecular flexibility index (Phi) is 7.82. The second-order valence-corrected chi connectivity index (χ2v) is 14.4. The van der Waals surface area contributed by atoms with Crippen molar-refractivity contribution >= 4 is 21.6 Å². The van der Waals surface area contributed by atoms with Crippen LogP contribution in [0.25, 0.3) is 0 Å². The van der Waals surface area contributed by atoms with Gasteiger partial charge in [0.15, 0.2) is 9.84 Å². The van der Waals surface area contributed by atoms with Crippen molar-refractivity contribution in [2.24, 2.45) is 23.7 Å². The summed E-state index contributed by atoms with van der Waals surface area (Å²) in [6.07, 6.45) is -2.33. The van der Waals surface area contributed by atoms with Gasteiger partial charge in [0.25, 0.3) is 0 Å². The third-order valence-electron chi connectivity index (χ3n) is 10.0. The van der Waals surface area contributed by atoms with E-state index in [1.807, 2.05) is 0 Å². The van der Waals surface area contributed by atoms with Gasteiger partial charge in [-0.05, 0) is 111 Å². The van der Waals surface area contributed by atoms with Crippen LogP contribution in [0.3, 0.4) is 0 Å². The average molecular weight is 613 g/mol. The van der Waals surface area contributed by atoms with E-state index in [1.54, 1.807) is 0 Å². The molecule has 0 amide bonds. The van der Waals surface area contributed by atoms with E-state index in [4.69, 9.17) is 0 Å². The number of sulfone groups is 1. The first-order valence-electron chi connectivity index (χ1n) is 14.2. The molecule has 4 atom stereocenters. The zero-order valence-electron chi connectivity index (χ0n) is 23.1. The molecule has 0 radical (unpaired) electrons. The fourth-order valence-corrected chi connectivity index (χ4v) is 10.1. The molecule has 0 saturated heterocycles. The van der Waals surface area contributed by atoms with Crippen molar-refractivity contribution < 1.29 is 45.1 Å². The van der Waals surface area contributed by atoms with Gasteiger partial charge in [-0.1, -0.05) is 18.2 Å². The quantitative estimate of drug-likeness (QED) is 0.267. The molecule has 5 rings (SSSR count). The molecule has 1 N–H and O–H groups in total. The van der Waals surface area contributed by atoms with E-state index in [0.717, 1.165) is 24.3 Å². The van der Waals surface area contributed by atoms with Crippen LogP contribution in [0.5, 0.6) is 0 Å². The van der Waals surface area contributed by atoms with Crippen molar-refractivity contribution in [1.29, 1.82) is 0 Å². The van der Waals surface area contributed by atoms with Crippen molar-refractivity contribution in [2.45, 2.75) is 86.2 Å². The summed E-state index contributed by atoms with van der Waals surface area (Å²) in [5.74, 6) is -3.16. The number of carboxylic acid groups (broad SMARTS) is 1. The molecule has 42 heavy (non-hydrogen) atoms. The van der Waals surface area contributed by atoms with Gasteiger partial charge in [0.2, 0.25) is 5.67 Å². The molecule has 3 aliphatic carbocycles. The number of halogens is 5. The van der Waals surface area contributed by atoms with Gasteiger partial charge in [-0.25, -0.2) is 17.2 Å². The second kappa shape index (κ2) is 10.7. The molecule has 1 unspecified atom stereocenters. The Bertz CT molecular complexity index is 1480. The van der Waals surface area contributed by atoms with E-state index in [9.17, 15) is 45.1 Å². The van der Waals surface area contributed by atoms with Gasteiger partial charge in [0, 0.05) is 12.3 Å². The average Bonchev–Trinajstić information content (AvgIpc) is 3.32. The van der Waals surface area contributed by atoms with Crippen molar-refractivity contribution in [3.8, 4) is 0 Å². The number of aliphatic carboxylic acids is 1. The van der Waals surface area contributed by atoms with Gasteiger partial charge in [-0.2, -0.15) is 13.2 Å². The summed E-state index contributed by atoms with van der Waals surface area (Å²) in [7, 11) is -4.24. The minimum atomic E-state index is -5.17. The number of ketones is 1. The Morgan fingerprint density at radius 1 is 0.929 bits per heavy atom. The fraction of sp³-hybridized carbons (Fsp3) is 0.548. The van der Waals surface area contributed by atoms with Crippen LogP contribution in [0, 0.1) is 29.5 Å². The van der Waals surface area contributed by atoms with Crippen LogP contribution in [-0.4, -0.2) is 31.5 Å². The Morgan fingerprint density at radius 2 is 1.55 bits per heavy atom. The van der Waals surface area contributed by atoms with Gasteiger partial charge in [0.05, 0.1) is 10.8 Å². The number of carbonyl (C=O) groups excluding carboxylic acids is 1. The van der Waals surface area contributed by atoms with E-state index in [-0.39, 0.29) is 48.2 Å². The summed E-state index contributed by atoms with van der Waals surface area (Å²) >= 11 is 0. The van der Waals surface area contributed by atoms with E-state index >= 15 is 0 Å². The van der Waals surface area contributed by atoms with Gasteiger partial charge >= 0.3 is 12.1 Å². The van der Waals surface area contributed by atoms with Crippen LogP contribution in [0.1, 0.15) is 75.0 Å². The van der Waals surface area contributed by atoms with Crippen LogP contribution in [0.2, 0.25) is 0 Å². The van der Waals surface area contributed by atoms with E-state index in [2.05, 4.69) is 0 Å². The minimum absolute atomic E-state index is 0.0293. The highest BCUT2D eigenvalue weighted by Gasteiger charge is 2.61. The molecule has 2 aromatic carbocycles. The lowest BCUT2D eigenvalue weighted by molar-refractivity contribution is -0.228. The lowest BCUT2D eigenvalue weighted by Crippen LogP contribution is -2.45. The summed E-state index contributed by atoms with van der Waals surface area (Å²) < 4.78 is 96.4. The van der Waals surface area contributed by atoms with Crippen molar-refractivity contribution in [3.05, 3.63) is 65.0 Å². The SMILES string of the molecule is CC(F)(c1ccc2c(c1)CC[C@H]1[C@H](CC(=O)C3CCC(C(=O)O)CC3)CC[C@@]21S(=O)(=O)c1ccc(F)cc1)C(F)(F)F. The number of Topliss-reactive ketones (excluding diaryl/α,β-unsaturated/α-hetero) is 1. The van der Waals surface area contributed by atoms with E-state index in [0.29, 0.717) is 50.2 Å². The number of carboxylic acids is 1. The Hall–Kier alpha value is -2.82. The zero-order chi connectivity index (χ0) is 30.7. The summed E-state index contributed by atoms with van der Waals surface area (Å²) in [6.45, 7) is 0.437. The molecule has 5 nitrogen and oxygen atoms in total. The van der Waals surface area contributed by atoms with Crippen molar-refractivity contribution in [2.75, 3.05) is 0 Å². The lowest BCUT2D eigenvalue weighted by Gasteiger charge is -2.43. The minimum Gasteiger partial charge on any atom is -0.481 e. The highest BCUT2D eigenvalue weighted by Crippen LogP contribution is 2.60. The van der Waals surface area contributed by atoms with Crippen LogP contribution >= 0.6 is 0 Å². The predicted molar refractivity (Wildman–Crippen MR) is 143 cm³/mol. The second-order valence-electron chi connectivity index (χ2n) is 12.2. The maximum absolute atomic E-state index is 14.9. The van der Waals surface area contributed by atoms with Crippen LogP contribution in [0.4, 0.5) is 22.0 Å². The molecule has 2 fully saturated rings. The van der Waals surface area contributed by atoms with E-state index < -0.39 is 55.6 Å². The van der Waals surface area contributed by atoms with Gasteiger partial charge < -0.3 is 5.11 Å². The predicted octanol–water partition coefficient (Wildman–Crippen LogP) is 7.06. The molecule has 0 heterocycles. The number of aryl methyl sites for hydroxylation is 1. The van der Waals surface area contributed by atoms with Gasteiger partial charge in [-0.3, -0.25) is 9.59 Å². The molecular weight excluding hydrogens is 579 g/mol. The normalized spacial score (nSPS) is 29.3. The summed E-state index contributed by atoms with van der Waals surface area (Å²) in [4.78, 5) is 24.6. The maximum Gasteiger partial charge on any atom is 0.426 e. The molecule has 0 spiro atoms. The number of rotatable bonds is 7. The fourth-order valence-electron chi connectivity index (χ4n) is 7.58. The maximum atomic E-state index is 14.9. The molecule has 0 bridgehead atoms. The standard InChI is InChI=1S/C31H33F5O5S/c1-29(33,31(34,35)36)22-7-13-26-20(16-22)6-12-25-21(17-27(37)18-2-4-19(5-3-18)28(38)39)14-15-30(25,26)42(40,41)24-10-8-23(32)9-11-24/h7-11,13,16,18-19,21,25H,2-6,12,14-15,17H2,1H3,(H,38,39)/t18?,19?,21-,25-,29?,30-/m0/s1. The number of hydrogen-bond acceptors (Lipinski definition) is 4. The summed E-state index contributed by atoms with van der Waals surface area (Å²) in [5.41, 5.74) is -3.61. The first-order chi connectivity index (χ1) is 19.6. The zero-order valence-corrected chi connectivity index (χ0v) is 23.9. The van der Waals surface area contributed by atoms with Crippen LogP contribution < -0.4 is 0 Å². The summed E-state index contributed by atoms with van der Waals surface area (Å²) in [6, 6.07) is 7.80. The highest BCUT2D eigenvalue weighted by molar-refractivity contribution is 7.92. The van der Waals surface area contributed by atoms with Crippen LogP contribution in [-0.2, 0) is 36.3 Å². The first kappa shape index (κ1) is 30.6. The molecular formula is C31H33F5O5S. The summed E-state index contributed by atoms with van der Waals surface area (Å²) in [5, 5.41) is 9.28. The third-order valence-corrected chi connectivity index (χ3v) is 12.6. The molecule has 2 saturated carbocycles. The number of benzene rings is 2. The van der Waals surface area contributed by atoms with E-state index in [1.165, 1.54) is 18.2 Å². The highest BCUT2D eigenvalue weighted by atomic mass is 32.2. The van der Waals surface area contributed by atoms with Crippen molar-refractivity contribution in [3.63, 3.8) is 0 Å². The van der Waals surface area contributed by atoms with Gasteiger partial charge in [-0.15, -0.1) is 0 Å². The number of fused-ring (bicyclic) bond motifs is 3. The topological polar surface area (TPSA) is 88.5 Å². The Morgan fingerprint density at radius 3 is 2.14 bits per heavy atom. The number of hydrogen-bond donors (Lipinski definition) is 1.